The smallest absolute Gasteiger partial charge is 0.231 e. The second-order valence-electron chi connectivity index (χ2n) is 4.23. The topological polar surface area (TPSA) is 36.9 Å². The summed E-state index contributed by atoms with van der Waals surface area (Å²) in [5, 5.41) is 0. The molecular formula is C15H13BrO4. The lowest BCUT2D eigenvalue weighted by atomic mass is 10.2. The molecule has 0 spiro atoms. The lowest BCUT2D eigenvalue weighted by Crippen LogP contribution is -1.97. The van der Waals surface area contributed by atoms with Crippen molar-refractivity contribution >= 4 is 15.9 Å². The zero-order valence-corrected chi connectivity index (χ0v) is 12.5. The van der Waals surface area contributed by atoms with Crippen LogP contribution in [0.3, 0.4) is 0 Å². The van der Waals surface area contributed by atoms with E-state index in [0.29, 0.717) is 29.6 Å². The zero-order valence-electron chi connectivity index (χ0n) is 10.9. The monoisotopic (exact) mass is 336 g/mol. The molecule has 3 rings (SSSR count). The van der Waals surface area contributed by atoms with Gasteiger partial charge < -0.3 is 18.9 Å². The van der Waals surface area contributed by atoms with E-state index in [0.717, 1.165) is 10.0 Å². The van der Waals surface area contributed by atoms with E-state index in [1.807, 2.05) is 30.3 Å². The predicted molar refractivity (Wildman–Crippen MR) is 77.6 cm³/mol. The van der Waals surface area contributed by atoms with Gasteiger partial charge in [-0.25, -0.2) is 0 Å². The molecule has 5 heteroatoms. The number of hydrogen-bond donors (Lipinski definition) is 0. The first kappa shape index (κ1) is 13.1. The maximum Gasteiger partial charge on any atom is 0.231 e. The van der Waals surface area contributed by atoms with Crippen LogP contribution < -0.4 is 18.9 Å². The van der Waals surface area contributed by atoms with E-state index >= 15 is 0 Å². The minimum absolute atomic E-state index is 0.195. The molecule has 0 N–H and O–H groups in total. The lowest BCUT2D eigenvalue weighted by molar-refractivity contribution is 0.171. The number of methoxy groups -OCH3 is 1. The Hall–Kier alpha value is -1.88. The van der Waals surface area contributed by atoms with Crippen molar-refractivity contribution in [2.75, 3.05) is 13.9 Å². The van der Waals surface area contributed by atoms with Crippen LogP contribution in [0.2, 0.25) is 0 Å². The third-order valence-corrected chi connectivity index (χ3v) is 3.72. The van der Waals surface area contributed by atoms with Crippen LogP contribution in [0.4, 0.5) is 0 Å². The summed E-state index contributed by atoms with van der Waals surface area (Å²) in [4.78, 5) is 0. The maximum atomic E-state index is 5.83. The van der Waals surface area contributed by atoms with Gasteiger partial charge in [0.2, 0.25) is 12.5 Å². The van der Waals surface area contributed by atoms with Crippen LogP contribution in [0.25, 0.3) is 0 Å². The van der Waals surface area contributed by atoms with Gasteiger partial charge >= 0.3 is 0 Å². The summed E-state index contributed by atoms with van der Waals surface area (Å²) in [6, 6.07) is 11.8. The summed E-state index contributed by atoms with van der Waals surface area (Å²) >= 11 is 3.48. The van der Waals surface area contributed by atoms with Crippen LogP contribution >= 0.6 is 15.9 Å². The molecule has 1 aliphatic heterocycles. The molecule has 0 aromatic heterocycles. The zero-order chi connectivity index (χ0) is 13.9. The van der Waals surface area contributed by atoms with Crippen molar-refractivity contribution in [1.82, 2.24) is 0 Å². The number of halogens is 1. The normalized spacial score (nSPS) is 12.3. The Bertz CT molecular complexity index is 613. The molecule has 0 unspecified atom stereocenters. The highest BCUT2D eigenvalue weighted by Crippen LogP contribution is 2.50. The maximum absolute atomic E-state index is 5.83. The van der Waals surface area contributed by atoms with Crippen LogP contribution in [-0.4, -0.2) is 13.9 Å². The van der Waals surface area contributed by atoms with Crippen molar-refractivity contribution in [3.63, 3.8) is 0 Å². The SMILES string of the molecule is COc1c(Br)c(OCc2ccccc2)cc2c1OCO2. The van der Waals surface area contributed by atoms with Gasteiger partial charge in [-0.2, -0.15) is 0 Å². The van der Waals surface area contributed by atoms with Gasteiger partial charge in [0.1, 0.15) is 16.8 Å². The molecule has 2 aromatic carbocycles. The number of fused-ring (bicyclic) bond motifs is 1. The highest BCUT2D eigenvalue weighted by atomic mass is 79.9. The van der Waals surface area contributed by atoms with Crippen LogP contribution in [0.15, 0.2) is 40.9 Å². The first-order valence-corrected chi connectivity index (χ1v) is 6.91. The van der Waals surface area contributed by atoms with E-state index in [2.05, 4.69) is 15.9 Å². The summed E-state index contributed by atoms with van der Waals surface area (Å²) in [6.07, 6.45) is 0. The largest absolute Gasteiger partial charge is 0.492 e. The number of ether oxygens (including phenoxy) is 4. The fourth-order valence-corrected chi connectivity index (χ4v) is 2.56. The summed E-state index contributed by atoms with van der Waals surface area (Å²) in [7, 11) is 1.59. The first-order chi connectivity index (χ1) is 9.79. The van der Waals surface area contributed by atoms with Crippen molar-refractivity contribution in [2.45, 2.75) is 6.61 Å². The quantitative estimate of drug-likeness (QED) is 0.851. The van der Waals surface area contributed by atoms with Crippen LogP contribution in [0.5, 0.6) is 23.0 Å². The van der Waals surface area contributed by atoms with Gasteiger partial charge in [0.05, 0.1) is 7.11 Å². The molecule has 0 fully saturated rings. The van der Waals surface area contributed by atoms with E-state index in [9.17, 15) is 0 Å². The molecule has 0 atom stereocenters. The second kappa shape index (κ2) is 5.63. The van der Waals surface area contributed by atoms with E-state index in [1.54, 1.807) is 13.2 Å². The third kappa shape index (κ3) is 2.41. The summed E-state index contributed by atoms with van der Waals surface area (Å²) in [5.74, 6) is 2.48. The van der Waals surface area contributed by atoms with Gasteiger partial charge in [-0.3, -0.25) is 0 Å². The Morgan fingerprint density at radius 1 is 1.20 bits per heavy atom. The highest BCUT2D eigenvalue weighted by molar-refractivity contribution is 9.10. The Kier molecular flexibility index (Phi) is 3.69. The number of hydrogen-bond acceptors (Lipinski definition) is 4. The minimum Gasteiger partial charge on any atom is -0.492 e. The van der Waals surface area contributed by atoms with Crippen molar-refractivity contribution in [3.8, 4) is 23.0 Å². The molecule has 20 heavy (non-hydrogen) atoms. The molecule has 0 radical (unpaired) electrons. The van der Waals surface area contributed by atoms with Crippen molar-refractivity contribution in [3.05, 3.63) is 46.4 Å². The number of benzene rings is 2. The molecule has 0 saturated heterocycles. The fraction of sp³-hybridized carbons (Fsp3) is 0.200. The van der Waals surface area contributed by atoms with E-state index in [1.165, 1.54) is 0 Å². The highest BCUT2D eigenvalue weighted by Gasteiger charge is 2.25. The molecule has 0 aliphatic carbocycles. The molecule has 1 heterocycles. The van der Waals surface area contributed by atoms with Gasteiger partial charge in [-0.1, -0.05) is 30.3 Å². The minimum atomic E-state index is 0.195. The summed E-state index contributed by atoms with van der Waals surface area (Å²) in [6.45, 7) is 0.669. The first-order valence-electron chi connectivity index (χ1n) is 6.12. The molecule has 0 bridgehead atoms. The number of rotatable bonds is 4. The van der Waals surface area contributed by atoms with Gasteiger partial charge in [0.15, 0.2) is 11.5 Å². The van der Waals surface area contributed by atoms with Gasteiger partial charge in [-0.05, 0) is 21.5 Å². The Morgan fingerprint density at radius 3 is 2.75 bits per heavy atom. The van der Waals surface area contributed by atoms with E-state index in [-0.39, 0.29) is 6.79 Å². The molecule has 1 aliphatic rings. The van der Waals surface area contributed by atoms with Crippen LogP contribution in [0.1, 0.15) is 5.56 Å². The molecule has 0 amide bonds. The molecule has 2 aromatic rings. The molecule has 4 nitrogen and oxygen atoms in total. The van der Waals surface area contributed by atoms with Gasteiger partial charge in [-0.15, -0.1) is 0 Å². The molecular weight excluding hydrogens is 324 g/mol. The Balaban J connectivity index is 1.87. The lowest BCUT2D eigenvalue weighted by Gasteiger charge is -2.13. The van der Waals surface area contributed by atoms with Crippen LogP contribution in [-0.2, 0) is 6.61 Å². The fourth-order valence-electron chi connectivity index (χ4n) is 1.99. The van der Waals surface area contributed by atoms with Crippen molar-refractivity contribution in [2.24, 2.45) is 0 Å². The summed E-state index contributed by atoms with van der Waals surface area (Å²) in [5.41, 5.74) is 1.09. The summed E-state index contributed by atoms with van der Waals surface area (Å²) < 4.78 is 22.7. The van der Waals surface area contributed by atoms with Crippen molar-refractivity contribution < 1.29 is 18.9 Å². The van der Waals surface area contributed by atoms with E-state index < -0.39 is 0 Å². The molecule has 0 saturated carbocycles. The van der Waals surface area contributed by atoms with Crippen LogP contribution in [0, 0.1) is 0 Å². The van der Waals surface area contributed by atoms with Crippen molar-refractivity contribution in [1.29, 1.82) is 0 Å². The molecule has 104 valence electrons. The van der Waals surface area contributed by atoms with Gasteiger partial charge in [0, 0.05) is 6.07 Å². The average molecular weight is 337 g/mol. The Labute approximate surface area is 125 Å². The predicted octanol–water partition coefficient (Wildman–Crippen LogP) is 3.77. The standard InChI is InChI=1S/C15H13BrO4/c1-17-15-13(16)11(7-12-14(15)20-9-19-12)18-8-10-5-3-2-4-6-10/h2-7H,8-9H2,1H3. The average Bonchev–Trinajstić information content (AvgIpc) is 2.94. The third-order valence-electron chi connectivity index (χ3n) is 2.97. The van der Waals surface area contributed by atoms with E-state index in [4.69, 9.17) is 18.9 Å². The van der Waals surface area contributed by atoms with Gasteiger partial charge in [0.25, 0.3) is 0 Å². The Morgan fingerprint density at radius 2 is 2.00 bits per heavy atom. The second-order valence-corrected chi connectivity index (χ2v) is 5.02.